The van der Waals surface area contributed by atoms with E-state index in [0.717, 1.165) is 62.5 Å². The van der Waals surface area contributed by atoms with Crippen molar-refractivity contribution in [1.82, 2.24) is 14.6 Å². The summed E-state index contributed by atoms with van der Waals surface area (Å²) in [6.07, 6.45) is 8.75. The Kier molecular flexibility index (Phi) is 4.15. The van der Waals surface area contributed by atoms with E-state index in [1.165, 1.54) is 5.57 Å². The van der Waals surface area contributed by atoms with Gasteiger partial charge in [0.15, 0.2) is 11.4 Å². The van der Waals surface area contributed by atoms with E-state index >= 15 is 0 Å². The van der Waals surface area contributed by atoms with E-state index in [-0.39, 0.29) is 0 Å². The van der Waals surface area contributed by atoms with Crippen LogP contribution in [0.3, 0.4) is 0 Å². The Hall–Kier alpha value is -1.96. The van der Waals surface area contributed by atoms with Crippen LogP contribution in [0.15, 0.2) is 24.4 Å². The van der Waals surface area contributed by atoms with Gasteiger partial charge in [0.1, 0.15) is 5.82 Å². The third-order valence-corrected chi connectivity index (χ3v) is 5.51. The first-order valence-corrected chi connectivity index (χ1v) is 9.48. The highest BCUT2D eigenvalue weighted by Crippen LogP contribution is 2.38. The van der Waals surface area contributed by atoms with E-state index in [9.17, 15) is 0 Å². The topological polar surface area (TPSA) is 69.9 Å². The zero-order chi connectivity index (χ0) is 17.4. The summed E-state index contributed by atoms with van der Waals surface area (Å²) in [5.41, 5.74) is 3.19. The van der Waals surface area contributed by atoms with Gasteiger partial charge in [-0.15, -0.1) is 5.10 Å². The molecule has 2 aliphatic heterocycles. The number of hydrogen-bond acceptors (Lipinski definition) is 6. The van der Waals surface area contributed by atoms with Crippen LogP contribution < -0.4 is 5.32 Å². The summed E-state index contributed by atoms with van der Waals surface area (Å²) in [5, 5.41) is 8.33. The molecule has 26 heavy (non-hydrogen) atoms. The number of aromatic nitrogens is 3. The summed E-state index contributed by atoms with van der Waals surface area (Å²) in [4.78, 5) is 4.52. The van der Waals surface area contributed by atoms with Gasteiger partial charge in [-0.05, 0) is 37.0 Å². The van der Waals surface area contributed by atoms with Crippen molar-refractivity contribution in [3.63, 3.8) is 0 Å². The lowest BCUT2D eigenvalue weighted by atomic mass is 9.92. The molecule has 0 radical (unpaired) electrons. The van der Waals surface area contributed by atoms with Gasteiger partial charge in [-0.1, -0.05) is 6.08 Å². The molecule has 0 atom stereocenters. The molecule has 4 heterocycles. The van der Waals surface area contributed by atoms with Crippen molar-refractivity contribution in [3.05, 3.63) is 30.1 Å². The van der Waals surface area contributed by atoms with E-state index in [4.69, 9.17) is 19.3 Å². The minimum absolute atomic E-state index is 0.396. The standard InChI is InChI=1S/C19H24N4O3/c1-2-18-20-13-16(14-3-7-19(8-4-14)25-11-12-26-19)23(18)22-17(1)21-15-5-9-24-10-6-15/h1-3,13,15H,4-12H2,(H,21,22). The molecule has 0 unspecified atom stereocenters. The van der Waals surface area contributed by atoms with Crippen molar-refractivity contribution < 1.29 is 14.2 Å². The first-order valence-electron chi connectivity index (χ1n) is 9.48. The van der Waals surface area contributed by atoms with Gasteiger partial charge in [0, 0.05) is 32.1 Å². The van der Waals surface area contributed by atoms with Crippen LogP contribution in [0.5, 0.6) is 0 Å². The number of nitrogens with one attached hydrogen (secondary N) is 1. The molecule has 0 aromatic carbocycles. The second-order valence-corrected chi connectivity index (χ2v) is 7.20. The maximum Gasteiger partial charge on any atom is 0.172 e. The predicted molar refractivity (Wildman–Crippen MR) is 96.9 cm³/mol. The van der Waals surface area contributed by atoms with Crippen LogP contribution in [0.1, 0.15) is 37.8 Å². The molecule has 138 valence electrons. The summed E-state index contributed by atoms with van der Waals surface area (Å²) < 4.78 is 19.0. The molecule has 0 saturated carbocycles. The van der Waals surface area contributed by atoms with Crippen LogP contribution in [0.4, 0.5) is 5.82 Å². The van der Waals surface area contributed by atoms with Crippen LogP contribution in [0.25, 0.3) is 11.2 Å². The lowest BCUT2D eigenvalue weighted by Gasteiger charge is -2.30. The second kappa shape index (κ2) is 6.64. The van der Waals surface area contributed by atoms with Gasteiger partial charge in [-0.25, -0.2) is 9.50 Å². The van der Waals surface area contributed by atoms with Crippen molar-refractivity contribution in [2.24, 2.45) is 0 Å². The van der Waals surface area contributed by atoms with Crippen LogP contribution >= 0.6 is 0 Å². The van der Waals surface area contributed by atoms with Gasteiger partial charge < -0.3 is 19.5 Å². The van der Waals surface area contributed by atoms with E-state index in [0.29, 0.717) is 19.3 Å². The molecule has 7 nitrogen and oxygen atoms in total. The van der Waals surface area contributed by atoms with Gasteiger partial charge in [-0.3, -0.25) is 0 Å². The van der Waals surface area contributed by atoms with Crippen molar-refractivity contribution in [2.45, 2.75) is 43.9 Å². The lowest BCUT2D eigenvalue weighted by molar-refractivity contribution is -0.159. The molecule has 1 N–H and O–H groups in total. The number of ether oxygens (including phenoxy) is 3. The number of nitrogens with zero attached hydrogens (tertiary/aromatic N) is 3. The molecule has 0 amide bonds. The first-order chi connectivity index (χ1) is 12.8. The molecule has 2 saturated heterocycles. The number of fused-ring (bicyclic) bond motifs is 1. The Labute approximate surface area is 152 Å². The Morgan fingerprint density at radius 3 is 2.73 bits per heavy atom. The first kappa shape index (κ1) is 16.2. The highest BCUT2D eigenvalue weighted by Gasteiger charge is 2.38. The number of imidazole rings is 1. The quantitative estimate of drug-likeness (QED) is 0.912. The lowest BCUT2D eigenvalue weighted by Crippen LogP contribution is -2.31. The second-order valence-electron chi connectivity index (χ2n) is 7.20. The van der Waals surface area contributed by atoms with Gasteiger partial charge in [-0.2, -0.15) is 0 Å². The highest BCUT2D eigenvalue weighted by atomic mass is 16.7. The molecule has 2 aromatic heterocycles. The van der Waals surface area contributed by atoms with Gasteiger partial charge in [0.05, 0.1) is 25.1 Å². The average molecular weight is 356 g/mol. The van der Waals surface area contributed by atoms with Crippen molar-refractivity contribution in [2.75, 3.05) is 31.7 Å². The Bertz CT molecular complexity index is 819. The predicted octanol–water partition coefficient (Wildman–Crippen LogP) is 2.63. The third-order valence-electron chi connectivity index (χ3n) is 5.51. The summed E-state index contributed by atoms with van der Waals surface area (Å²) in [6.45, 7) is 3.02. The minimum atomic E-state index is -0.396. The molecular formula is C19H24N4O3. The molecule has 2 fully saturated rings. The van der Waals surface area contributed by atoms with E-state index in [1.807, 2.05) is 22.8 Å². The van der Waals surface area contributed by atoms with Gasteiger partial charge in [0.25, 0.3) is 0 Å². The van der Waals surface area contributed by atoms with Crippen LogP contribution in [-0.2, 0) is 14.2 Å². The number of hydrogen-bond donors (Lipinski definition) is 1. The zero-order valence-electron chi connectivity index (χ0n) is 14.8. The van der Waals surface area contributed by atoms with Crippen molar-refractivity contribution in [1.29, 1.82) is 0 Å². The van der Waals surface area contributed by atoms with Crippen molar-refractivity contribution >= 4 is 17.0 Å². The average Bonchev–Trinajstić information content (AvgIpc) is 3.31. The monoisotopic (exact) mass is 356 g/mol. The van der Waals surface area contributed by atoms with Crippen molar-refractivity contribution in [3.8, 4) is 0 Å². The van der Waals surface area contributed by atoms with Crippen LogP contribution in [0, 0.1) is 0 Å². The van der Waals surface area contributed by atoms with Gasteiger partial charge >= 0.3 is 0 Å². The zero-order valence-corrected chi connectivity index (χ0v) is 14.8. The van der Waals surface area contributed by atoms with Gasteiger partial charge in [0.2, 0.25) is 0 Å². The smallest absolute Gasteiger partial charge is 0.172 e. The molecule has 0 bridgehead atoms. The van der Waals surface area contributed by atoms with E-state index in [1.54, 1.807) is 0 Å². The molecule has 7 heteroatoms. The normalized spacial score (nSPS) is 23.5. The van der Waals surface area contributed by atoms with E-state index in [2.05, 4.69) is 16.4 Å². The fraction of sp³-hybridized carbons (Fsp3) is 0.579. The third kappa shape index (κ3) is 3.00. The molecule has 1 aliphatic carbocycles. The van der Waals surface area contributed by atoms with Crippen LogP contribution in [-0.4, -0.2) is 52.9 Å². The largest absolute Gasteiger partial charge is 0.381 e. The summed E-state index contributed by atoms with van der Waals surface area (Å²) in [6, 6.07) is 4.45. The Morgan fingerprint density at radius 2 is 1.96 bits per heavy atom. The Morgan fingerprint density at radius 1 is 1.12 bits per heavy atom. The Balaban J connectivity index is 1.39. The molecular weight excluding hydrogens is 332 g/mol. The molecule has 5 rings (SSSR count). The number of allylic oxidation sites excluding steroid dienone is 1. The maximum atomic E-state index is 5.81. The van der Waals surface area contributed by atoms with E-state index < -0.39 is 5.79 Å². The fourth-order valence-corrected chi connectivity index (χ4v) is 4.02. The molecule has 1 spiro atoms. The molecule has 2 aromatic rings. The summed E-state index contributed by atoms with van der Waals surface area (Å²) in [5.74, 6) is 0.492. The highest BCUT2D eigenvalue weighted by molar-refractivity contribution is 5.66. The van der Waals surface area contributed by atoms with Crippen LogP contribution in [0.2, 0.25) is 0 Å². The number of anilines is 1. The summed E-state index contributed by atoms with van der Waals surface area (Å²) in [7, 11) is 0. The SMILES string of the molecule is C1=C(c2cnc3ccc(NC4CCOCC4)nn23)CCC2(C1)OCCO2. The maximum absolute atomic E-state index is 5.81. The molecule has 3 aliphatic rings. The fourth-order valence-electron chi connectivity index (χ4n) is 4.02. The number of rotatable bonds is 3. The minimum Gasteiger partial charge on any atom is -0.381 e. The summed E-state index contributed by atoms with van der Waals surface area (Å²) >= 11 is 0.